The molecule has 0 fully saturated rings. The fourth-order valence-electron chi connectivity index (χ4n) is 2.23. The van der Waals surface area contributed by atoms with Crippen LogP contribution in [0.3, 0.4) is 0 Å². The van der Waals surface area contributed by atoms with Crippen molar-refractivity contribution >= 4 is 12.0 Å². The standard InChI is InChI=1S/C18H21NO4/c1-4-8-19(9-5-2)17(20)7-6-14-12-15(21-3)18-16(13-14)22-10-11-23-18/h4-7,12-13H,1-2,8-11H2,3H3. The minimum atomic E-state index is -0.112. The molecule has 0 N–H and O–H groups in total. The van der Waals surface area contributed by atoms with Crippen LogP contribution in [0.25, 0.3) is 6.08 Å². The Bertz CT molecular complexity index is 594. The highest BCUT2D eigenvalue weighted by atomic mass is 16.6. The zero-order chi connectivity index (χ0) is 16.7. The van der Waals surface area contributed by atoms with Crippen LogP contribution in [0.4, 0.5) is 0 Å². The van der Waals surface area contributed by atoms with Crippen LogP contribution in [0.2, 0.25) is 0 Å². The first kappa shape index (κ1) is 16.7. The van der Waals surface area contributed by atoms with Gasteiger partial charge in [0.05, 0.1) is 7.11 Å². The molecule has 1 heterocycles. The van der Waals surface area contributed by atoms with Gasteiger partial charge in [-0.1, -0.05) is 12.2 Å². The Labute approximate surface area is 136 Å². The third-order valence-electron chi connectivity index (χ3n) is 3.28. The molecular formula is C18H21NO4. The van der Waals surface area contributed by atoms with Gasteiger partial charge in [0.25, 0.3) is 0 Å². The summed E-state index contributed by atoms with van der Waals surface area (Å²) in [6, 6.07) is 3.63. The lowest BCUT2D eigenvalue weighted by molar-refractivity contribution is -0.124. The number of hydrogen-bond acceptors (Lipinski definition) is 4. The molecule has 0 bridgehead atoms. The van der Waals surface area contributed by atoms with Gasteiger partial charge < -0.3 is 19.1 Å². The van der Waals surface area contributed by atoms with Gasteiger partial charge in [-0.3, -0.25) is 4.79 Å². The molecule has 0 saturated heterocycles. The first-order valence-electron chi connectivity index (χ1n) is 7.36. The lowest BCUT2D eigenvalue weighted by Gasteiger charge is -2.21. The molecule has 2 rings (SSSR count). The molecule has 0 radical (unpaired) electrons. The van der Waals surface area contributed by atoms with Gasteiger partial charge >= 0.3 is 0 Å². The Morgan fingerprint density at radius 2 is 1.96 bits per heavy atom. The summed E-state index contributed by atoms with van der Waals surface area (Å²) in [5.41, 5.74) is 0.802. The van der Waals surface area contributed by atoms with E-state index >= 15 is 0 Å². The van der Waals surface area contributed by atoms with Crippen LogP contribution in [-0.4, -0.2) is 44.2 Å². The van der Waals surface area contributed by atoms with Gasteiger partial charge in [0.2, 0.25) is 11.7 Å². The number of ether oxygens (including phenoxy) is 3. The average molecular weight is 315 g/mol. The summed E-state index contributed by atoms with van der Waals surface area (Å²) in [6.45, 7) is 9.24. The van der Waals surface area contributed by atoms with Gasteiger partial charge in [0.15, 0.2) is 11.5 Å². The first-order chi connectivity index (χ1) is 11.2. The van der Waals surface area contributed by atoms with E-state index in [9.17, 15) is 4.79 Å². The molecule has 1 aliphatic rings. The summed E-state index contributed by atoms with van der Waals surface area (Å²) < 4.78 is 16.5. The summed E-state index contributed by atoms with van der Waals surface area (Å²) in [4.78, 5) is 13.8. The van der Waals surface area contributed by atoms with E-state index in [-0.39, 0.29) is 5.91 Å². The molecular weight excluding hydrogens is 294 g/mol. The maximum absolute atomic E-state index is 12.2. The van der Waals surface area contributed by atoms with Crippen LogP contribution < -0.4 is 14.2 Å². The van der Waals surface area contributed by atoms with Gasteiger partial charge in [0, 0.05) is 19.2 Å². The topological polar surface area (TPSA) is 48.0 Å². The van der Waals surface area contributed by atoms with Gasteiger partial charge in [-0.05, 0) is 23.8 Å². The fourth-order valence-corrected chi connectivity index (χ4v) is 2.23. The van der Waals surface area contributed by atoms with E-state index < -0.39 is 0 Å². The van der Waals surface area contributed by atoms with Crippen molar-refractivity contribution < 1.29 is 19.0 Å². The number of nitrogens with zero attached hydrogens (tertiary/aromatic N) is 1. The van der Waals surface area contributed by atoms with Crippen molar-refractivity contribution in [2.75, 3.05) is 33.4 Å². The molecule has 0 spiro atoms. The lowest BCUT2D eigenvalue weighted by Crippen LogP contribution is -2.29. The third-order valence-corrected chi connectivity index (χ3v) is 3.28. The van der Waals surface area contributed by atoms with Crippen LogP contribution in [0, 0.1) is 0 Å². The van der Waals surface area contributed by atoms with Crippen molar-refractivity contribution in [2.24, 2.45) is 0 Å². The number of carbonyl (C=O) groups is 1. The maximum Gasteiger partial charge on any atom is 0.247 e. The van der Waals surface area contributed by atoms with Crippen LogP contribution in [0.1, 0.15) is 5.56 Å². The molecule has 0 atom stereocenters. The molecule has 1 aromatic carbocycles. The number of fused-ring (bicyclic) bond motifs is 1. The van der Waals surface area contributed by atoms with E-state index in [1.54, 1.807) is 30.2 Å². The zero-order valence-corrected chi connectivity index (χ0v) is 13.3. The minimum absolute atomic E-state index is 0.112. The first-order valence-corrected chi connectivity index (χ1v) is 7.36. The molecule has 0 saturated carbocycles. The Hall–Kier alpha value is -2.69. The largest absolute Gasteiger partial charge is 0.493 e. The lowest BCUT2D eigenvalue weighted by atomic mass is 10.1. The summed E-state index contributed by atoms with van der Waals surface area (Å²) in [5, 5.41) is 0. The number of hydrogen-bond donors (Lipinski definition) is 0. The highest BCUT2D eigenvalue weighted by molar-refractivity contribution is 5.92. The molecule has 122 valence electrons. The van der Waals surface area contributed by atoms with Crippen molar-refractivity contribution in [1.29, 1.82) is 0 Å². The van der Waals surface area contributed by atoms with E-state index in [0.717, 1.165) is 5.56 Å². The smallest absolute Gasteiger partial charge is 0.247 e. The summed E-state index contributed by atoms with van der Waals surface area (Å²) in [7, 11) is 1.57. The second kappa shape index (κ2) is 8.08. The number of carbonyl (C=O) groups excluding carboxylic acids is 1. The second-order valence-corrected chi connectivity index (χ2v) is 4.90. The highest BCUT2D eigenvalue weighted by Crippen LogP contribution is 2.40. The predicted octanol–water partition coefficient (Wildman–Crippen LogP) is 2.68. The SMILES string of the molecule is C=CCN(CC=C)C(=O)C=Cc1cc(OC)c2c(c1)OCCO2. The van der Waals surface area contributed by atoms with E-state index in [0.29, 0.717) is 43.6 Å². The normalized spacial score (nSPS) is 12.7. The van der Waals surface area contributed by atoms with Crippen LogP contribution in [0.15, 0.2) is 43.5 Å². The van der Waals surface area contributed by atoms with Crippen molar-refractivity contribution in [3.8, 4) is 17.2 Å². The predicted molar refractivity (Wildman–Crippen MR) is 90.0 cm³/mol. The Morgan fingerprint density at radius 1 is 1.26 bits per heavy atom. The quantitative estimate of drug-likeness (QED) is 0.573. The van der Waals surface area contributed by atoms with E-state index in [2.05, 4.69) is 13.2 Å². The monoisotopic (exact) mass is 315 g/mol. The molecule has 5 heteroatoms. The molecule has 1 amide bonds. The van der Waals surface area contributed by atoms with Crippen molar-refractivity contribution in [2.45, 2.75) is 0 Å². The maximum atomic E-state index is 12.2. The van der Waals surface area contributed by atoms with Crippen molar-refractivity contribution in [1.82, 2.24) is 4.90 Å². The average Bonchev–Trinajstić information content (AvgIpc) is 2.58. The molecule has 23 heavy (non-hydrogen) atoms. The summed E-state index contributed by atoms with van der Waals surface area (Å²) in [5.74, 6) is 1.70. The summed E-state index contributed by atoms with van der Waals surface area (Å²) in [6.07, 6.45) is 6.60. The number of amides is 1. The van der Waals surface area contributed by atoms with E-state index in [1.165, 1.54) is 6.08 Å². The molecule has 5 nitrogen and oxygen atoms in total. The van der Waals surface area contributed by atoms with Crippen molar-refractivity contribution in [3.05, 3.63) is 49.1 Å². The number of benzene rings is 1. The van der Waals surface area contributed by atoms with Gasteiger partial charge in [-0.2, -0.15) is 0 Å². The molecule has 1 aliphatic heterocycles. The molecule has 1 aromatic rings. The molecule has 0 unspecified atom stereocenters. The highest BCUT2D eigenvalue weighted by Gasteiger charge is 2.18. The Kier molecular flexibility index (Phi) is 5.86. The molecule has 0 aliphatic carbocycles. The van der Waals surface area contributed by atoms with Crippen LogP contribution >= 0.6 is 0 Å². The fraction of sp³-hybridized carbons (Fsp3) is 0.278. The Balaban J connectivity index is 2.20. The van der Waals surface area contributed by atoms with Gasteiger partial charge in [0.1, 0.15) is 13.2 Å². The van der Waals surface area contributed by atoms with Crippen LogP contribution in [-0.2, 0) is 4.79 Å². The zero-order valence-electron chi connectivity index (χ0n) is 13.3. The minimum Gasteiger partial charge on any atom is -0.493 e. The van der Waals surface area contributed by atoms with Gasteiger partial charge in [-0.15, -0.1) is 13.2 Å². The Morgan fingerprint density at radius 3 is 2.61 bits per heavy atom. The summed E-state index contributed by atoms with van der Waals surface area (Å²) >= 11 is 0. The van der Waals surface area contributed by atoms with Crippen LogP contribution in [0.5, 0.6) is 17.2 Å². The van der Waals surface area contributed by atoms with Gasteiger partial charge in [-0.25, -0.2) is 0 Å². The molecule has 0 aromatic heterocycles. The second-order valence-electron chi connectivity index (χ2n) is 4.90. The third kappa shape index (κ3) is 4.16. The van der Waals surface area contributed by atoms with Crippen molar-refractivity contribution in [3.63, 3.8) is 0 Å². The number of rotatable bonds is 7. The number of methoxy groups -OCH3 is 1. The van der Waals surface area contributed by atoms with E-state index in [1.807, 2.05) is 12.1 Å². The van der Waals surface area contributed by atoms with E-state index in [4.69, 9.17) is 14.2 Å².